The van der Waals surface area contributed by atoms with Gasteiger partial charge in [-0.25, -0.2) is 4.79 Å². The lowest BCUT2D eigenvalue weighted by Gasteiger charge is -2.46. The summed E-state index contributed by atoms with van der Waals surface area (Å²) in [7, 11) is 1.85. The van der Waals surface area contributed by atoms with E-state index in [0.29, 0.717) is 24.3 Å². The van der Waals surface area contributed by atoms with Gasteiger partial charge in [0.2, 0.25) is 0 Å². The van der Waals surface area contributed by atoms with Gasteiger partial charge >= 0.3 is 5.76 Å². The zero-order valence-corrected chi connectivity index (χ0v) is 10.6. The Morgan fingerprint density at radius 3 is 2.89 bits per heavy atom. The van der Waals surface area contributed by atoms with Gasteiger partial charge in [0.15, 0.2) is 5.58 Å². The summed E-state index contributed by atoms with van der Waals surface area (Å²) in [4.78, 5) is 13.8. The third-order valence-electron chi connectivity index (χ3n) is 3.77. The predicted octanol–water partition coefficient (Wildman–Crippen LogP) is 0.390. The van der Waals surface area contributed by atoms with Crippen LogP contribution in [0.1, 0.15) is 11.6 Å². The topological polar surface area (TPSA) is 87.5 Å². The average Bonchev–Trinajstić information content (AvgIpc) is 2.72. The summed E-state index contributed by atoms with van der Waals surface area (Å²) >= 11 is 0. The summed E-state index contributed by atoms with van der Waals surface area (Å²) in [5.74, 6) is -0.461. The first-order chi connectivity index (χ1) is 9.18. The van der Waals surface area contributed by atoms with Crippen LogP contribution in [0.25, 0.3) is 11.1 Å². The Morgan fingerprint density at radius 1 is 1.53 bits per heavy atom. The van der Waals surface area contributed by atoms with E-state index < -0.39 is 5.76 Å². The van der Waals surface area contributed by atoms with E-state index in [9.17, 15) is 9.90 Å². The first-order valence-electron chi connectivity index (χ1n) is 6.17. The van der Waals surface area contributed by atoms with E-state index in [1.165, 1.54) is 0 Å². The highest BCUT2D eigenvalue weighted by atomic mass is 16.5. The molecular formula is C13H16N2O4. The average molecular weight is 264 g/mol. The molecule has 3 N–H and O–H groups in total. The minimum atomic E-state index is -0.461. The van der Waals surface area contributed by atoms with Crippen LogP contribution in [-0.2, 0) is 4.74 Å². The fraction of sp³-hybridized carbons (Fsp3) is 0.462. The summed E-state index contributed by atoms with van der Waals surface area (Å²) in [5.41, 5.74) is 1.89. The van der Waals surface area contributed by atoms with Crippen molar-refractivity contribution in [2.75, 3.05) is 26.9 Å². The Hall–Kier alpha value is -1.63. The summed E-state index contributed by atoms with van der Waals surface area (Å²) < 4.78 is 10.2. The van der Waals surface area contributed by atoms with E-state index >= 15 is 0 Å². The second-order valence-corrected chi connectivity index (χ2v) is 5.01. The van der Waals surface area contributed by atoms with Gasteiger partial charge in [-0.05, 0) is 24.7 Å². The molecular weight excluding hydrogens is 248 g/mol. The number of aliphatic hydroxyl groups excluding tert-OH is 1. The fourth-order valence-electron chi connectivity index (χ4n) is 2.69. The molecule has 6 nitrogen and oxygen atoms in total. The van der Waals surface area contributed by atoms with Crippen molar-refractivity contribution in [3.05, 3.63) is 34.3 Å². The van der Waals surface area contributed by atoms with Crippen molar-refractivity contribution in [2.45, 2.75) is 6.04 Å². The first kappa shape index (κ1) is 12.4. The van der Waals surface area contributed by atoms with E-state index in [1.54, 1.807) is 6.07 Å². The largest absolute Gasteiger partial charge is 0.417 e. The molecule has 0 bridgehead atoms. The number of hydrogen-bond acceptors (Lipinski definition) is 5. The first-order valence-corrected chi connectivity index (χ1v) is 6.17. The number of aliphatic hydroxyl groups is 1. The van der Waals surface area contributed by atoms with Crippen molar-refractivity contribution in [2.24, 2.45) is 5.41 Å². The Kier molecular flexibility index (Phi) is 2.93. The third-order valence-corrected chi connectivity index (χ3v) is 3.77. The number of hydrogen-bond donors (Lipinski definition) is 3. The molecule has 1 saturated heterocycles. The van der Waals surface area contributed by atoms with E-state index in [-0.39, 0.29) is 18.1 Å². The summed E-state index contributed by atoms with van der Waals surface area (Å²) in [6.45, 7) is 1.10. The number of oxazole rings is 1. The number of nitrogens with one attached hydrogen (secondary N) is 2. The molecule has 1 aromatic heterocycles. The number of aromatic nitrogens is 1. The Morgan fingerprint density at radius 2 is 2.32 bits per heavy atom. The Balaban J connectivity index is 2.03. The van der Waals surface area contributed by atoms with Gasteiger partial charge < -0.3 is 19.6 Å². The molecule has 1 fully saturated rings. The molecule has 0 aliphatic carbocycles. The molecule has 1 aliphatic heterocycles. The van der Waals surface area contributed by atoms with Crippen LogP contribution in [-0.4, -0.2) is 37.0 Å². The van der Waals surface area contributed by atoms with Crippen LogP contribution in [0.3, 0.4) is 0 Å². The molecule has 0 saturated carbocycles. The summed E-state index contributed by atoms with van der Waals surface area (Å²) in [6, 6.07) is 5.50. The third kappa shape index (κ3) is 1.88. The number of aromatic amines is 1. The van der Waals surface area contributed by atoms with E-state index in [1.807, 2.05) is 19.2 Å². The van der Waals surface area contributed by atoms with Gasteiger partial charge in [-0.3, -0.25) is 4.98 Å². The van der Waals surface area contributed by atoms with Crippen LogP contribution in [0.5, 0.6) is 0 Å². The number of rotatable bonds is 4. The van der Waals surface area contributed by atoms with E-state index in [0.717, 1.165) is 5.56 Å². The van der Waals surface area contributed by atoms with Gasteiger partial charge in [-0.2, -0.15) is 0 Å². The fourth-order valence-corrected chi connectivity index (χ4v) is 2.69. The van der Waals surface area contributed by atoms with Crippen molar-refractivity contribution in [3.63, 3.8) is 0 Å². The van der Waals surface area contributed by atoms with Gasteiger partial charge in [-0.1, -0.05) is 6.07 Å². The molecule has 1 aliphatic rings. The smallest absolute Gasteiger partial charge is 0.408 e. The number of ether oxygens (including phenoxy) is 1. The normalized spacial score (nSPS) is 19.3. The van der Waals surface area contributed by atoms with Gasteiger partial charge in [0.05, 0.1) is 30.8 Å². The van der Waals surface area contributed by atoms with Crippen LogP contribution in [0, 0.1) is 5.41 Å². The molecule has 0 radical (unpaired) electrons. The van der Waals surface area contributed by atoms with Crippen molar-refractivity contribution in [1.29, 1.82) is 0 Å². The minimum absolute atomic E-state index is 0.0333. The monoisotopic (exact) mass is 264 g/mol. The van der Waals surface area contributed by atoms with Gasteiger partial charge in [-0.15, -0.1) is 0 Å². The summed E-state index contributed by atoms with van der Waals surface area (Å²) in [6.07, 6.45) is 0. The van der Waals surface area contributed by atoms with Crippen LogP contribution in [0.15, 0.2) is 27.4 Å². The second kappa shape index (κ2) is 4.48. The zero-order valence-electron chi connectivity index (χ0n) is 10.6. The van der Waals surface area contributed by atoms with Gasteiger partial charge in [0.1, 0.15) is 0 Å². The van der Waals surface area contributed by atoms with E-state index in [4.69, 9.17) is 9.15 Å². The maximum atomic E-state index is 11.2. The lowest BCUT2D eigenvalue weighted by atomic mass is 9.76. The van der Waals surface area contributed by atoms with Crippen LogP contribution < -0.4 is 11.1 Å². The number of fused-ring (bicyclic) bond motifs is 1. The predicted molar refractivity (Wildman–Crippen MR) is 69.0 cm³/mol. The number of H-pyrrole nitrogens is 1. The zero-order chi connectivity index (χ0) is 13.5. The quantitative estimate of drug-likeness (QED) is 0.743. The SMILES string of the molecule is CNC(c1ccc2oc(=O)[nH]c2c1)C1(CO)COC1. The van der Waals surface area contributed by atoms with Crippen LogP contribution >= 0.6 is 0 Å². The second-order valence-electron chi connectivity index (χ2n) is 5.01. The standard InChI is InChI=1S/C13H16N2O4/c1-14-11(13(5-16)6-18-7-13)8-2-3-10-9(4-8)15-12(17)19-10/h2-4,11,14,16H,5-7H2,1H3,(H,15,17). The van der Waals surface area contributed by atoms with Crippen molar-refractivity contribution in [3.8, 4) is 0 Å². The highest BCUT2D eigenvalue weighted by Gasteiger charge is 2.45. The molecule has 1 unspecified atom stereocenters. The molecule has 102 valence electrons. The maximum absolute atomic E-state index is 11.2. The molecule has 2 heterocycles. The highest BCUT2D eigenvalue weighted by Crippen LogP contribution is 2.40. The van der Waals surface area contributed by atoms with Crippen molar-refractivity contribution in [1.82, 2.24) is 10.3 Å². The molecule has 0 spiro atoms. The van der Waals surface area contributed by atoms with Crippen LogP contribution in [0.4, 0.5) is 0 Å². The lowest BCUT2D eigenvalue weighted by molar-refractivity contribution is -0.155. The molecule has 2 aromatic rings. The Labute approximate surface area is 109 Å². The van der Waals surface area contributed by atoms with E-state index in [2.05, 4.69) is 10.3 Å². The molecule has 1 atom stereocenters. The summed E-state index contributed by atoms with van der Waals surface area (Å²) in [5, 5.41) is 12.8. The maximum Gasteiger partial charge on any atom is 0.417 e. The van der Waals surface area contributed by atoms with Crippen molar-refractivity contribution < 1.29 is 14.3 Å². The lowest BCUT2D eigenvalue weighted by Crippen LogP contribution is -2.53. The van der Waals surface area contributed by atoms with Crippen LogP contribution in [0.2, 0.25) is 0 Å². The molecule has 1 aromatic carbocycles. The molecule has 3 rings (SSSR count). The van der Waals surface area contributed by atoms with Gasteiger partial charge in [0.25, 0.3) is 0 Å². The molecule has 6 heteroatoms. The highest BCUT2D eigenvalue weighted by molar-refractivity contribution is 5.73. The molecule has 19 heavy (non-hydrogen) atoms. The van der Waals surface area contributed by atoms with Gasteiger partial charge in [0, 0.05) is 6.04 Å². The molecule has 0 amide bonds. The Bertz CT molecular complexity index is 636. The van der Waals surface area contributed by atoms with Crippen molar-refractivity contribution >= 4 is 11.1 Å². The number of benzene rings is 1. The minimum Gasteiger partial charge on any atom is -0.408 e.